The van der Waals surface area contributed by atoms with E-state index >= 15 is 0 Å². The zero-order chi connectivity index (χ0) is 18.7. The molecule has 26 heavy (non-hydrogen) atoms. The van der Waals surface area contributed by atoms with Crippen LogP contribution in [-0.4, -0.2) is 48.1 Å². The zero-order valence-electron chi connectivity index (χ0n) is 12.8. The summed E-state index contributed by atoms with van der Waals surface area (Å²) in [5.41, 5.74) is 2.25. The summed E-state index contributed by atoms with van der Waals surface area (Å²) in [7, 11) is -3.46. The molecule has 1 atom stereocenters. The summed E-state index contributed by atoms with van der Waals surface area (Å²) in [6, 6.07) is 3.42. The van der Waals surface area contributed by atoms with Crippen LogP contribution in [0.2, 0.25) is 5.02 Å². The van der Waals surface area contributed by atoms with Gasteiger partial charge < -0.3 is 0 Å². The number of benzene rings is 1. The lowest BCUT2D eigenvalue weighted by atomic mass is 10.3. The highest BCUT2D eigenvalue weighted by Crippen LogP contribution is 2.24. The summed E-state index contributed by atoms with van der Waals surface area (Å²) in [5, 5.41) is 16.9. The molecule has 10 nitrogen and oxygen atoms in total. The lowest BCUT2D eigenvalue weighted by Crippen LogP contribution is -2.29. The first-order valence-corrected chi connectivity index (χ1v) is 9.89. The second-order valence-electron chi connectivity index (χ2n) is 5.07. The Balaban J connectivity index is 1.76. The minimum atomic E-state index is -3.46. The van der Waals surface area contributed by atoms with Crippen LogP contribution in [0.5, 0.6) is 0 Å². The Labute approximate surface area is 156 Å². The number of amidine groups is 1. The van der Waals surface area contributed by atoms with Crippen molar-refractivity contribution in [2.75, 3.05) is 12.3 Å². The van der Waals surface area contributed by atoms with Crippen LogP contribution in [0.15, 0.2) is 32.8 Å². The molecule has 1 fully saturated rings. The van der Waals surface area contributed by atoms with Crippen LogP contribution in [0, 0.1) is 5.82 Å². The number of hydrogen-bond acceptors (Lipinski definition) is 8. The molecule has 2 heterocycles. The fourth-order valence-electron chi connectivity index (χ4n) is 2.02. The fraction of sp³-hybridized carbons (Fsp3) is 0.250. The Morgan fingerprint density at radius 2 is 2.35 bits per heavy atom. The van der Waals surface area contributed by atoms with Gasteiger partial charge >= 0.3 is 0 Å². The van der Waals surface area contributed by atoms with E-state index in [4.69, 9.17) is 11.6 Å². The molecule has 140 valence electrons. The van der Waals surface area contributed by atoms with Gasteiger partial charge in [-0.1, -0.05) is 23.4 Å². The summed E-state index contributed by atoms with van der Waals surface area (Å²) in [6.07, 6.45) is 0. The van der Waals surface area contributed by atoms with E-state index < -0.39 is 16.0 Å². The summed E-state index contributed by atoms with van der Waals surface area (Å²) >= 11 is 6.86. The number of aromatic nitrogens is 2. The number of nitrogens with one attached hydrogen (secondary N) is 3. The number of thioether (sulfide) groups is 1. The van der Waals surface area contributed by atoms with E-state index in [0.717, 1.165) is 17.8 Å². The highest BCUT2D eigenvalue weighted by Gasteiger charge is 2.27. The van der Waals surface area contributed by atoms with E-state index in [0.29, 0.717) is 5.75 Å². The third-order valence-corrected chi connectivity index (χ3v) is 5.79. The predicted molar refractivity (Wildman–Crippen MR) is 91.4 cm³/mol. The summed E-state index contributed by atoms with van der Waals surface area (Å²) < 4.78 is 45.3. The van der Waals surface area contributed by atoms with Gasteiger partial charge in [-0.25, -0.2) is 18.7 Å². The number of halogens is 2. The lowest BCUT2D eigenvalue weighted by Gasteiger charge is -2.06. The molecule has 0 bridgehead atoms. The highest BCUT2D eigenvalue weighted by molar-refractivity contribution is 7.99. The van der Waals surface area contributed by atoms with Crippen molar-refractivity contribution in [1.29, 1.82) is 0 Å². The second-order valence-corrected chi connectivity index (χ2v) is 8.01. The van der Waals surface area contributed by atoms with E-state index in [2.05, 4.69) is 29.4 Å². The number of rotatable bonds is 5. The second kappa shape index (κ2) is 7.85. The molecule has 0 spiro atoms. The molecule has 1 aliphatic rings. The molecule has 0 unspecified atom stereocenters. The molecule has 4 N–H and O–H groups in total. The van der Waals surface area contributed by atoms with Crippen molar-refractivity contribution in [1.82, 2.24) is 25.2 Å². The van der Waals surface area contributed by atoms with Gasteiger partial charge in [0.2, 0.25) is 0 Å². The van der Waals surface area contributed by atoms with Crippen LogP contribution < -0.4 is 14.9 Å². The fourth-order valence-corrected chi connectivity index (χ4v) is 4.33. The maximum absolute atomic E-state index is 13.2. The minimum absolute atomic E-state index is 0.0958. The van der Waals surface area contributed by atoms with Gasteiger partial charge in [0.25, 0.3) is 10.2 Å². The van der Waals surface area contributed by atoms with E-state index in [1.54, 1.807) is 0 Å². The first-order valence-electron chi connectivity index (χ1n) is 7.04. The van der Waals surface area contributed by atoms with Crippen LogP contribution >= 0.6 is 23.4 Å². The summed E-state index contributed by atoms with van der Waals surface area (Å²) in [6.45, 7) is 0.239. The Bertz CT molecular complexity index is 938. The monoisotopic (exact) mass is 422 g/mol. The van der Waals surface area contributed by atoms with Crippen LogP contribution in [-0.2, 0) is 10.2 Å². The normalized spacial score (nSPS) is 19.7. The first kappa shape index (κ1) is 19.0. The molecule has 0 amide bonds. The van der Waals surface area contributed by atoms with Gasteiger partial charge in [0.1, 0.15) is 5.82 Å². The van der Waals surface area contributed by atoms with Crippen molar-refractivity contribution in [2.24, 2.45) is 4.99 Å². The predicted octanol–water partition coefficient (Wildman–Crippen LogP) is 0.817. The van der Waals surface area contributed by atoms with Crippen molar-refractivity contribution in [3.8, 4) is 0 Å². The highest BCUT2D eigenvalue weighted by atomic mass is 35.5. The van der Waals surface area contributed by atoms with Crippen LogP contribution in [0.4, 0.5) is 10.1 Å². The van der Waals surface area contributed by atoms with Gasteiger partial charge in [-0.05, 0) is 28.5 Å². The Morgan fingerprint density at radius 1 is 1.54 bits per heavy atom. The summed E-state index contributed by atoms with van der Waals surface area (Å²) in [5.74, 6) is -0.355. The van der Waals surface area contributed by atoms with Crippen molar-refractivity contribution >= 4 is 45.1 Å². The van der Waals surface area contributed by atoms with E-state index in [9.17, 15) is 18.0 Å². The third kappa shape index (κ3) is 4.49. The number of nitrogens with zero attached hydrogens (tertiary/aromatic N) is 3. The molecule has 14 heteroatoms. The molecular formula is C12H12ClFN6O4S2. The Kier molecular flexibility index (Phi) is 5.74. The molecule has 2 aromatic rings. The van der Waals surface area contributed by atoms with E-state index in [-0.39, 0.29) is 39.9 Å². The molecule has 1 aliphatic heterocycles. The molecule has 0 saturated carbocycles. The number of hydrogen-bond donors (Lipinski definition) is 4. The average molecular weight is 423 g/mol. The van der Waals surface area contributed by atoms with Gasteiger partial charge in [0.15, 0.2) is 16.6 Å². The van der Waals surface area contributed by atoms with Crippen LogP contribution in [0.3, 0.4) is 0 Å². The zero-order valence-corrected chi connectivity index (χ0v) is 15.2. The summed E-state index contributed by atoms with van der Waals surface area (Å²) in [4.78, 5) is 4.09. The third-order valence-electron chi connectivity index (χ3n) is 3.20. The number of aliphatic imine (C=N–C) groups is 1. The van der Waals surface area contributed by atoms with Crippen molar-refractivity contribution in [3.05, 3.63) is 34.7 Å². The molecule has 3 rings (SSSR count). The van der Waals surface area contributed by atoms with Crippen molar-refractivity contribution in [2.45, 2.75) is 11.1 Å². The topological polar surface area (TPSA) is 142 Å². The molecular weight excluding hydrogens is 411 g/mol. The molecule has 1 aromatic heterocycles. The van der Waals surface area contributed by atoms with Crippen molar-refractivity contribution < 1.29 is 22.6 Å². The maximum atomic E-state index is 13.2. The van der Waals surface area contributed by atoms with Crippen LogP contribution in [0.25, 0.3) is 0 Å². The SMILES string of the molecule is O=S1(=O)NC[C@H](CSc2nonc2C(=Nc2ccc(F)c(Cl)c2)NO)N1. The van der Waals surface area contributed by atoms with Gasteiger partial charge in [0.05, 0.1) is 10.7 Å². The molecule has 0 aliphatic carbocycles. The van der Waals surface area contributed by atoms with Gasteiger partial charge in [0, 0.05) is 18.3 Å². The Hall–Kier alpha value is -1.77. The maximum Gasteiger partial charge on any atom is 0.277 e. The molecule has 1 aromatic carbocycles. The average Bonchev–Trinajstić information content (AvgIpc) is 3.20. The van der Waals surface area contributed by atoms with Gasteiger partial charge in [-0.15, -0.1) is 0 Å². The van der Waals surface area contributed by atoms with E-state index in [1.807, 2.05) is 5.48 Å². The van der Waals surface area contributed by atoms with Gasteiger partial charge in [-0.2, -0.15) is 13.1 Å². The quantitative estimate of drug-likeness (QED) is 0.240. The Morgan fingerprint density at radius 3 is 3.00 bits per heavy atom. The lowest BCUT2D eigenvalue weighted by molar-refractivity contribution is 0.234. The van der Waals surface area contributed by atoms with Crippen LogP contribution in [0.1, 0.15) is 5.69 Å². The first-order chi connectivity index (χ1) is 12.4. The standard InChI is InChI=1S/C12H12ClFN6O4S2/c13-8-3-6(1-2-9(8)14)16-11(17-21)10-12(19-24-18-10)25-5-7-4-15-26(22,23)20-7/h1-3,7,15,20-21H,4-5H2,(H,16,17)/t7-/m1/s1. The largest absolute Gasteiger partial charge is 0.290 e. The smallest absolute Gasteiger partial charge is 0.277 e. The molecule has 1 saturated heterocycles. The number of hydroxylamine groups is 1. The minimum Gasteiger partial charge on any atom is -0.290 e. The van der Waals surface area contributed by atoms with Gasteiger partial charge in [-0.3, -0.25) is 10.7 Å². The van der Waals surface area contributed by atoms with E-state index in [1.165, 1.54) is 12.1 Å². The molecule has 0 radical (unpaired) electrons. The van der Waals surface area contributed by atoms with Crippen molar-refractivity contribution in [3.63, 3.8) is 0 Å².